The molecule has 5 heteroatoms. The summed E-state index contributed by atoms with van der Waals surface area (Å²) in [5.41, 5.74) is 0. The second-order valence-electron chi connectivity index (χ2n) is 0.454. The number of hydrogen-bond donors (Lipinski definition) is 0. The van der Waals surface area contributed by atoms with Gasteiger partial charge in [-0.15, -0.1) is 0 Å². The third-order valence-electron chi connectivity index (χ3n) is 0.167. The average molecular weight is 130 g/mol. The van der Waals surface area contributed by atoms with Crippen molar-refractivity contribution in [3.05, 3.63) is 0 Å². The second-order valence-corrected chi connectivity index (χ2v) is 1.36. The van der Waals surface area contributed by atoms with E-state index in [2.05, 4.69) is 4.43 Å². The normalized spacial score (nSPS) is 5.50. The Morgan fingerprint density at radius 2 is 2.00 bits per heavy atom. The second kappa shape index (κ2) is 6.25. The standard InChI is InChI=1S/CH3O3Si.K/c1-4-5(2)3;/h1H3;/q-1;+1. The first-order valence-electron chi connectivity index (χ1n) is 1.02. The van der Waals surface area contributed by atoms with Crippen molar-refractivity contribution in [2.75, 3.05) is 7.11 Å². The van der Waals surface area contributed by atoms with Crippen LogP contribution < -0.4 is 56.2 Å². The molecule has 0 aliphatic carbocycles. The molecule has 0 amide bonds. The molecule has 30 valence electrons. The van der Waals surface area contributed by atoms with Gasteiger partial charge in [0.1, 0.15) is 0 Å². The predicted molar refractivity (Wildman–Crippen MR) is 13.4 cm³/mol. The van der Waals surface area contributed by atoms with Crippen LogP contribution in [0, 0.1) is 0 Å². The third kappa shape index (κ3) is 8.98. The Kier molecular flexibility index (Phi) is 10.7. The maximum atomic E-state index is 9.22. The van der Waals surface area contributed by atoms with Crippen LogP contribution in [-0.2, 0) is 8.89 Å². The number of hydrogen-bond acceptors (Lipinski definition) is 3. The third-order valence-corrected chi connectivity index (χ3v) is 0.500. The predicted octanol–water partition coefficient (Wildman–Crippen LogP) is -4.59. The first-order chi connectivity index (χ1) is 2.27. The van der Waals surface area contributed by atoms with E-state index in [1.807, 2.05) is 0 Å². The Morgan fingerprint density at radius 3 is 2.00 bits per heavy atom. The molecule has 6 heavy (non-hydrogen) atoms. The minimum absolute atomic E-state index is 0. The summed E-state index contributed by atoms with van der Waals surface area (Å²) < 4.78 is 13.0. The summed E-state index contributed by atoms with van der Waals surface area (Å²) in [6.07, 6.45) is 0. The smallest absolute Gasteiger partial charge is 0.591 e. The topological polar surface area (TPSA) is 49.4 Å². The van der Waals surface area contributed by atoms with Gasteiger partial charge in [0.2, 0.25) is 0 Å². The molecule has 0 aromatic carbocycles. The van der Waals surface area contributed by atoms with Gasteiger partial charge >= 0.3 is 60.6 Å². The molecule has 0 N–H and O–H groups in total. The Balaban J connectivity index is 0. The molecular weight excluding hydrogens is 127 g/mol. The first kappa shape index (κ1) is 10.3. The zero-order valence-electron chi connectivity index (χ0n) is 3.72. The van der Waals surface area contributed by atoms with Crippen LogP contribution in [-0.4, -0.2) is 16.3 Å². The van der Waals surface area contributed by atoms with E-state index in [0.29, 0.717) is 0 Å². The molecule has 0 heterocycles. The molecule has 0 aromatic heterocycles. The molecule has 0 aliphatic heterocycles. The van der Waals surface area contributed by atoms with Crippen molar-refractivity contribution in [2.45, 2.75) is 0 Å². The summed E-state index contributed by atoms with van der Waals surface area (Å²) in [6.45, 7) is 0. The van der Waals surface area contributed by atoms with Gasteiger partial charge in [0, 0.05) is 7.11 Å². The van der Waals surface area contributed by atoms with E-state index < -0.39 is 9.17 Å². The van der Waals surface area contributed by atoms with Crippen LogP contribution in [0.5, 0.6) is 0 Å². The van der Waals surface area contributed by atoms with E-state index in [1.165, 1.54) is 0 Å². The van der Waals surface area contributed by atoms with Crippen LogP contribution in [0.1, 0.15) is 0 Å². The Labute approximate surface area is 80.0 Å². The maximum Gasteiger partial charge on any atom is 1.00 e. The van der Waals surface area contributed by atoms with E-state index >= 15 is 0 Å². The van der Waals surface area contributed by atoms with Crippen molar-refractivity contribution >= 4 is 9.17 Å². The van der Waals surface area contributed by atoms with Gasteiger partial charge in [0.15, 0.2) is 0 Å². The van der Waals surface area contributed by atoms with Crippen LogP contribution in [0.2, 0.25) is 0 Å². The summed E-state index contributed by atoms with van der Waals surface area (Å²) in [6, 6.07) is 0. The van der Waals surface area contributed by atoms with E-state index in [4.69, 9.17) is 0 Å². The molecule has 0 aromatic rings. The van der Waals surface area contributed by atoms with Crippen molar-refractivity contribution in [1.29, 1.82) is 0 Å². The van der Waals surface area contributed by atoms with Crippen molar-refractivity contribution < 1.29 is 65.1 Å². The molecular formula is CH3KO3Si. The largest absolute Gasteiger partial charge is 1.00 e. The minimum atomic E-state index is -2.87. The summed E-state index contributed by atoms with van der Waals surface area (Å²) >= 11 is 0. The molecule has 0 bridgehead atoms. The molecule has 0 spiro atoms. The average Bonchev–Trinajstić information content (AvgIpc) is 1.38. The molecule has 0 aliphatic rings. The quantitative estimate of drug-likeness (QED) is 0.336. The van der Waals surface area contributed by atoms with E-state index in [-0.39, 0.29) is 51.4 Å². The van der Waals surface area contributed by atoms with Crippen molar-refractivity contribution in [3.63, 3.8) is 0 Å². The van der Waals surface area contributed by atoms with Crippen LogP contribution in [0.4, 0.5) is 0 Å². The Hall–Kier alpha value is 1.25. The fraction of sp³-hybridized carbons (Fsp3) is 1.00. The fourth-order valence-corrected chi connectivity index (χ4v) is 0. The molecule has 3 nitrogen and oxygen atoms in total. The zero-order valence-corrected chi connectivity index (χ0v) is 7.85. The molecule has 0 rings (SSSR count). The van der Waals surface area contributed by atoms with Crippen LogP contribution in [0.3, 0.4) is 0 Å². The van der Waals surface area contributed by atoms with Gasteiger partial charge in [-0.3, -0.25) is 0 Å². The summed E-state index contributed by atoms with van der Waals surface area (Å²) in [5, 5.41) is 0. The summed E-state index contributed by atoms with van der Waals surface area (Å²) in [7, 11) is -1.75. The van der Waals surface area contributed by atoms with Gasteiger partial charge < -0.3 is 13.7 Å². The maximum absolute atomic E-state index is 9.22. The van der Waals surface area contributed by atoms with E-state index in [9.17, 15) is 9.26 Å². The molecule has 0 radical (unpaired) electrons. The van der Waals surface area contributed by atoms with Crippen molar-refractivity contribution in [2.24, 2.45) is 0 Å². The zero-order chi connectivity index (χ0) is 4.28. The van der Waals surface area contributed by atoms with Gasteiger partial charge in [0.25, 0.3) is 0 Å². The Morgan fingerprint density at radius 1 is 1.83 bits per heavy atom. The fourth-order valence-electron chi connectivity index (χ4n) is 0. The van der Waals surface area contributed by atoms with Crippen molar-refractivity contribution in [3.8, 4) is 0 Å². The monoisotopic (exact) mass is 130 g/mol. The summed E-state index contributed by atoms with van der Waals surface area (Å²) in [5.74, 6) is 0. The van der Waals surface area contributed by atoms with E-state index in [1.54, 1.807) is 0 Å². The molecule has 0 fully saturated rings. The minimum Gasteiger partial charge on any atom is -0.591 e. The Bertz CT molecular complexity index is 46.1. The first-order valence-corrected chi connectivity index (χ1v) is 2.25. The van der Waals surface area contributed by atoms with Gasteiger partial charge in [-0.05, 0) is 0 Å². The molecule has 0 saturated carbocycles. The van der Waals surface area contributed by atoms with Gasteiger partial charge in [-0.1, -0.05) is 0 Å². The number of rotatable bonds is 1. The van der Waals surface area contributed by atoms with Gasteiger partial charge in [0.05, 0.1) is 0 Å². The van der Waals surface area contributed by atoms with Crippen molar-refractivity contribution in [1.82, 2.24) is 0 Å². The van der Waals surface area contributed by atoms with Crippen LogP contribution >= 0.6 is 0 Å². The van der Waals surface area contributed by atoms with Gasteiger partial charge in [-0.2, -0.15) is 0 Å². The summed E-state index contributed by atoms with van der Waals surface area (Å²) in [4.78, 5) is 9.22. The molecule has 0 atom stereocenters. The van der Waals surface area contributed by atoms with E-state index in [0.717, 1.165) is 7.11 Å². The van der Waals surface area contributed by atoms with Gasteiger partial charge in [-0.25, -0.2) is 0 Å². The molecule has 0 saturated heterocycles. The van der Waals surface area contributed by atoms with Crippen LogP contribution in [0.25, 0.3) is 0 Å². The molecule has 0 unspecified atom stereocenters. The SMILES string of the molecule is CO[Si](=O)[O-].[K+]. The van der Waals surface area contributed by atoms with Crippen LogP contribution in [0.15, 0.2) is 0 Å².